The van der Waals surface area contributed by atoms with Gasteiger partial charge in [-0.1, -0.05) is 0 Å². The summed E-state index contributed by atoms with van der Waals surface area (Å²) in [5.41, 5.74) is 0. The van der Waals surface area contributed by atoms with Crippen LogP contribution in [0.25, 0.3) is 0 Å². The normalized spacial score (nSPS) is 4.55. The predicted molar refractivity (Wildman–Crippen MR) is 25.0 cm³/mol. The van der Waals surface area contributed by atoms with E-state index in [0.717, 1.165) is 13.8 Å². The fourth-order valence-electron chi connectivity index (χ4n) is 0. The van der Waals surface area contributed by atoms with Crippen LogP contribution in [-0.4, -0.2) is 17.4 Å². The molecular formula is C4H8K2O5. The molecule has 0 saturated heterocycles. The molecule has 11 heavy (non-hydrogen) atoms. The summed E-state index contributed by atoms with van der Waals surface area (Å²) in [6.45, 7) is 1.94. The van der Waals surface area contributed by atoms with Gasteiger partial charge in [-0.15, -0.1) is 0 Å². The summed E-state index contributed by atoms with van der Waals surface area (Å²) in [5.74, 6) is -2.17. The molecule has 7 heteroatoms. The van der Waals surface area contributed by atoms with Crippen molar-refractivity contribution in [1.82, 2.24) is 0 Å². The molecule has 0 aromatic carbocycles. The van der Waals surface area contributed by atoms with Crippen molar-refractivity contribution in [3.8, 4) is 0 Å². The Kier molecular flexibility index (Phi) is 60.4. The fourth-order valence-corrected chi connectivity index (χ4v) is 0. The minimum absolute atomic E-state index is 0. The van der Waals surface area contributed by atoms with Crippen LogP contribution in [0.15, 0.2) is 0 Å². The van der Waals surface area contributed by atoms with Gasteiger partial charge in [0.15, 0.2) is 0 Å². The summed E-state index contributed by atoms with van der Waals surface area (Å²) < 4.78 is 0. The zero-order valence-electron chi connectivity index (χ0n) is 7.13. The Labute approximate surface area is 150 Å². The van der Waals surface area contributed by atoms with E-state index >= 15 is 0 Å². The van der Waals surface area contributed by atoms with E-state index in [4.69, 9.17) is 19.8 Å². The Morgan fingerprint density at radius 1 is 0.909 bits per heavy atom. The number of carboxylic acids is 2. The molecule has 56 valence electrons. The molecule has 0 bridgehead atoms. The number of hydrogen-bond donors (Lipinski definition) is 0. The monoisotopic (exact) mass is 214 g/mol. The molecule has 0 rings (SSSR count). The molecule has 0 aromatic heterocycles. The van der Waals surface area contributed by atoms with E-state index in [1.165, 1.54) is 0 Å². The van der Waals surface area contributed by atoms with Crippen LogP contribution in [0, 0.1) is 0 Å². The third-order valence-electron chi connectivity index (χ3n) is 0. The second kappa shape index (κ2) is 22.7. The smallest absolute Gasteiger partial charge is 0.550 e. The second-order valence-electron chi connectivity index (χ2n) is 0.983. The summed E-state index contributed by atoms with van der Waals surface area (Å²) in [6, 6.07) is 0. The van der Waals surface area contributed by atoms with Crippen LogP contribution in [0.5, 0.6) is 0 Å². The number of hydrogen-bond acceptors (Lipinski definition) is 4. The topological polar surface area (TPSA) is 112 Å². The number of carbonyl (C=O) groups is 2. The van der Waals surface area contributed by atoms with Crippen LogP contribution in [0.4, 0.5) is 0 Å². The van der Waals surface area contributed by atoms with Crippen molar-refractivity contribution in [2.45, 2.75) is 13.8 Å². The van der Waals surface area contributed by atoms with Gasteiger partial charge < -0.3 is 25.3 Å². The van der Waals surface area contributed by atoms with Gasteiger partial charge in [-0.25, -0.2) is 0 Å². The molecule has 0 heterocycles. The fraction of sp³-hybridized carbons (Fsp3) is 0.500. The Bertz CT molecular complexity index is 74.5. The van der Waals surface area contributed by atoms with Gasteiger partial charge in [0, 0.05) is 11.9 Å². The van der Waals surface area contributed by atoms with Crippen molar-refractivity contribution in [1.29, 1.82) is 0 Å². The summed E-state index contributed by atoms with van der Waals surface area (Å²) in [7, 11) is 0. The van der Waals surface area contributed by atoms with Gasteiger partial charge >= 0.3 is 103 Å². The van der Waals surface area contributed by atoms with Crippen LogP contribution in [-0.2, 0) is 9.59 Å². The van der Waals surface area contributed by atoms with Gasteiger partial charge in [0.05, 0.1) is 0 Å². The average Bonchev–Trinajstić information content (AvgIpc) is 1.25. The summed E-state index contributed by atoms with van der Waals surface area (Å²) in [4.78, 5) is 17.8. The first-order chi connectivity index (χ1) is 3.46. The molecule has 2 N–H and O–H groups in total. The van der Waals surface area contributed by atoms with Gasteiger partial charge in [-0.05, 0) is 13.8 Å². The molecule has 0 amide bonds. The number of rotatable bonds is 0. The van der Waals surface area contributed by atoms with E-state index in [-0.39, 0.29) is 108 Å². The Morgan fingerprint density at radius 3 is 0.909 bits per heavy atom. The Morgan fingerprint density at radius 2 is 0.909 bits per heavy atom. The predicted octanol–water partition coefficient (Wildman–Crippen LogP) is -9.30. The first kappa shape index (κ1) is 29.2. The van der Waals surface area contributed by atoms with E-state index in [1.807, 2.05) is 0 Å². The molecule has 0 aliphatic carbocycles. The van der Waals surface area contributed by atoms with Gasteiger partial charge in [0.1, 0.15) is 0 Å². The van der Waals surface area contributed by atoms with Gasteiger partial charge in [0.2, 0.25) is 0 Å². The Balaban J connectivity index is -0.0000000171. The van der Waals surface area contributed by atoms with Crippen LogP contribution in [0.1, 0.15) is 13.8 Å². The minimum Gasteiger partial charge on any atom is -0.550 e. The van der Waals surface area contributed by atoms with E-state index in [0.29, 0.717) is 0 Å². The van der Waals surface area contributed by atoms with E-state index in [2.05, 4.69) is 0 Å². The van der Waals surface area contributed by atoms with Crippen LogP contribution < -0.4 is 113 Å². The zero-order chi connectivity index (χ0) is 7.15. The van der Waals surface area contributed by atoms with E-state index in [1.54, 1.807) is 0 Å². The first-order valence-corrected chi connectivity index (χ1v) is 1.82. The summed E-state index contributed by atoms with van der Waals surface area (Å²) in [6.07, 6.45) is 0. The largest absolute Gasteiger partial charge is 1.00 e. The standard InChI is InChI=1S/2C2H4O2.2K.H2O/c2*1-2(3)4;;;/h2*1H3,(H,3,4);;;1H2/q;;2*+1;/p-2. The maximum absolute atomic E-state index is 8.89. The number of carboxylic acid groups (broad SMARTS) is 2. The first-order valence-electron chi connectivity index (χ1n) is 1.82. The second-order valence-corrected chi connectivity index (χ2v) is 0.983. The van der Waals surface area contributed by atoms with Crippen molar-refractivity contribution >= 4 is 11.9 Å². The number of aliphatic carboxylic acids is 2. The maximum atomic E-state index is 8.89. The maximum Gasteiger partial charge on any atom is 1.00 e. The SMILES string of the molecule is CC(=O)[O-].CC(=O)[O-].O.[K+].[K+]. The third kappa shape index (κ3) is 267. The quantitative estimate of drug-likeness (QED) is 0.373. The van der Waals surface area contributed by atoms with Crippen LogP contribution >= 0.6 is 0 Å². The molecule has 5 nitrogen and oxygen atoms in total. The zero-order valence-corrected chi connectivity index (χ0v) is 13.4. The molecule has 0 atom stereocenters. The number of carbonyl (C=O) groups excluding carboxylic acids is 2. The third-order valence-corrected chi connectivity index (χ3v) is 0. The van der Waals surface area contributed by atoms with Gasteiger partial charge in [-0.2, -0.15) is 0 Å². The van der Waals surface area contributed by atoms with Crippen molar-refractivity contribution in [3.05, 3.63) is 0 Å². The molecule has 0 aliphatic heterocycles. The van der Waals surface area contributed by atoms with Gasteiger partial charge in [0.25, 0.3) is 0 Å². The average molecular weight is 214 g/mol. The van der Waals surface area contributed by atoms with Gasteiger partial charge in [-0.3, -0.25) is 0 Å². The minimum atomic E-state index is -1.08. The molecule has 0 saturated carbocycles. The van der Waals surface area contributed by atoms with Crippen molar-refractivity contribution in [2.24, 2.45) is 0 Å². The summed E-state index contributed by atoms with van der Waals surface area (Å²) >= 11 is 0. The molecule has 0 aliphatic rings. The molecule has 0 unspecified atom stereocenters. The molecule has 0 spiro atoms. The molecule has 0 aromatic rings. The van der Waals surface area contributed by atoms with E-state index in [9.17, 15) is 0 Å². The van der Waals surface area contributed by atoms with Crippen molar-refractivity contribution in [3.63, 3.8) is 0 Å². The summed E-state index contributed by atoms with van der Waals surface area (Å²) in [5, 5.41) is 17.8. The van der Waals surface area contributed by atoms with E-state index < -0.39 is 11.9 Å². The molecule has 0 radical (unpaired) electrons. The van der Waals surface area contributed by atoms with Crippen molar-refractivity contribution < 1.29 is 128 Å². The van der Waals surface area contributed by atoms with Crippen molar-refractivity contribution in [2.75, 3.05) is 0 Å². The Hall–Kier alpha value is 2.17. The molecular weight excluding hydrogens is 206 g/mol. The van der Waals surface area contributed by atoms with Crippen LogP contribution in [0.2, 0.25) is 0 Å². The van der Waals surface area contributed by atoms with Crippen LogP contribution in [0.3, 0.4) is 0 Å². The molecule has 0 fully saturated rings.